The predicted molar refractivity (Wildman–Crippen MR) is 47.5 cm³/mol. The molecule has 1 N–H and O–H groups in total. The lowest BCUT2D eigenvalue weighted by atomic mass is 10.0. The van der Waals surface area contributed by atoms with Crippen LogP contribution in [0.5, 0.6) is 0 Å². The average Bonchev–Trinajstić information content (AvgIpc) is 2.06. The van der Waals surface area contributed by atoms with Crippen molar-refractivity contribution in [1.82, 2.24) is 5.32 Å². The number of amides is 2. The maximum atomic E-state index is 11.2. The first-order valence-electron chi connectivity index (χ1n) is 4.36. The topological polar surface area (TPSA) is 70.0 Å². The van der Waals surface area contributed by atoms with Crippen LogP contribution >= 0.6 is 0 Å². The van der Waals surface area contributed by atoms with Gasteiger partial charge in [0.2, 0.25) is 11.8 Å². The molecule has 2 amide bonds. The third-order valence-electron chi connectivity index (χ3n) is 1.86. The van der Waals surface area contributed by atoms with Gasteiger partial charge in [-0.2, -0.15) is 5.26 Å². The van der Waals surface area contributed by atoms with Crippen molar-refractivity contribution < 1.29 is 9.59 Å². The van der Waals surface area contributed by atoms with Crippen LogP contribution in [0, 0.1) is 17.2 Å². The van der Waals surface area contributed by atoms with Crippen molar-refractivity contribution >= 4 is 11.8 Å². The van der Waals surface area contributed by atoms with Crippen LogP contribution in [-0.4, -0.2) is 11.8 Å². The Morgan fingerprint density at radius 1 is 1.38 bits per heavy atom. The number of carbonyl (C=O) groups is 2. The molecule has 0 aromatic rings. The maximum Gasteiger partial charge on any atom is 0.240 e. The number of nitriles is 1. The second-order valence-electron chi connectivity index (χ2n) is 2.76. The van der Waals surface area contributed by atoms with Crippen LogP contribution in [0.4, 0.5) is 0 Å². The molecule has 0 atom stereocenters. The fourth-order valence-electron chi connectivity index (χ4n) is 1.01. The summed E-state index contributed by atoms with van der Waals surface area (Å²) in [4.78, 5) is 22.1. The van der Waals surface area contributed by atoms with Crippen LogP contribution in [0.1, 0.15) is 33.1 Å². The fourth-order valence-corrected chi connectivity index (χ4v) is 1.01. The maximum absolute atomic E-state index is 11.2. The molecule has 0 aliphatic heterocycles. The number of imide groups is 1. The highest BCUT2D eigenvalue weighted by atomic mass is 16.2. The third-order valence-corrected chi connectivity index (χ3v) is 1.86. The molecule has 0 unspecified atom stereocenters. The van der Waals surface area contributed by atoms with Gasteiger partial charge in [-0.3, -0.25) is 14.9 Å². The van der Waals surface area contributed by atoms with E-state index < -0.39 is 5.91 Å². The Balaban J connectivity index is 3.99. The minimum atomic E-state index is -0.514. The molecule has 0 saturated heterocycles. The SMILES string of the molecule is CCC(CC)C(=O)NC(=O)CC#N. The van der Waals surface area contributed by atoms with Gasteiger partial charge in [0.05, 0.1) is 6.07 Å². The van der Waals surface area contributed by atoms with Gasteiger partial charge in [0.15, 0.2) is 0 Å². The van der Waals surface area contributed by atoms with Crippen LogP contribution < -0.4 is 5.32 Å². The molecule has 0 aromatic heterocycles. The zero-order valence-corrected chi connectivity index (χ0v) is 7.96. The predicted octanol–water partition coefficient (Wildman–Crippen LogP) is 0.979. The molecule has 0 saturated carbocycles. The largest absolute Gasteiger partial charge is 0.295 e. The van der Waals surface area contributed by atoms with Crippen molar-refractivity contribution in [3.05, 3.63) is 0 Å². The highest BCUT2D eigenvalue weighted by molar-refractivity contribution is 5.96. The van der Waals surface area contributed by atoms with E-state index in [0.29, 0.717) is 12.8 Å². The molecule has 4 heteroatoms. The van der Waals surface area contributed by atoms with Gasteiger partial charge in [0.1, 0.15) is 6.42 Å². The van der Waals surface area contributed by atoms with E-state index in [1.54, 1.807) is 6.07 Å². The first kappa shape index (κ1) is 11.6. The van der Waals surface area contributed by atoms with Crippen LogP contribution in [0.15, 0.2) is 0 Å². The quantitative estimate of drug-likeness (QED) is 0.704. The van der Waals surface area contributed by atoms with Gasteiger partial charge in [-0.1, -0.05) is 13.8 Å². The zero-order valence-electron chi connectivity index (χ0n) is 7.96. The molecule has 0 radical (unpaired) electrons. The standard InChI is InChI=1S/C9H14N2O2/c1-3-7(4-2)9(13)11-8(12)5-6-10/h7H,3-5H2,1-2H3,(H,11,12,13). The van der Waals surface area contributed by atoms with Gasteiger partial charge in [-0.25, -0.2) is 0 Å². The molecule has 72 valence electrons. The lowest BCUT2D eigenvalue weighted by Gasteiger charge is -2.10. The average molecular weight is 182 g/mol. The minimum absolute atomic E-state index is 0.123. The Bertz CT molecular complexity index is 226. The number of hydrogen-bond acceptors (Lipinski definition) is 3. The van der Waals surface area contributed by atoms with Gasteiger partial charge in [0, 0.05) is 5.92 Å². The van der Waals surface area contributed by atoms with E-state index in [9.17, 15) is 9.59 Å². The van der Waals surface area contributed by atoms with Crippen molar-refractivity contribution in [1.29, 1.82) is 5.26 Å². The molecule has 0 heterocycles. The molecule has 0 aliphatic rings. The van der Waals surface area contributed by atoms with Crippen LogP contribution in [0.25, 0.3) is 0 Å². The highest BCUT2D eigenvalue weighted by Gasteiger charge is 2.15. The Hall–Kier alpha value is -1.37. The highest BCUT2D eigenvalue weighted by Crippen LogP contribution is 2.06. The van der Waals surface area contributed by atoms with E-state index in [0.717, 1.165) is 0 Å². The van der Waals surface area contributed by atoms with Gasteiger partial charge in [0.25, 0.3) is 0 Å². The number of nitrogens with zero attached hydrogens (tertiary/aromatic N) is 1. The lowest BCUT2D eigenvalue weighted by Crippen LogP contribution is -2.34. The van der Waals surface area contributed by atoms with E-state index in [1.807, 2.05) is 13.8 Å². The first-order valence-corrected chi connectivity index (χ1v) is 4.36. The summed E-state index contributed by atoms with van der Waals surface area (Å²) >= 11 is 0. The summed E-state index contributed by atoms with van der Waals surface area (Å²) in [6.45, 7) is 3.78. The van der Waals surface area contributed by atoms with Gasteiger partial charge in [-0.05, 0) is 12.8 Å². The molecule has 0 fully saturated rings. The van der Waals surface area contributed by atoms with Crippen molar-refractivity contribution in [3.63, 3.8) is 0 Å². The van der Waals surface area contributed by atoms with Gasteiger partial charge in [-0.15, -0.1) is 0 Å². The molecule has 0 rings (SSSR count). The van der Waals surface area contributed by atoms with E-state index in [4.69, 9.17) is 5.26 Å². The third kappa shape index (κ3) is 4.26. The van der Waals surface area contributed by atoms with E-state index >= 15 is 0 Å². The monoisotopic (exact) mass is 182 g/mol. The summed E-state index contributed by atoms with van der Waals surface area (Å²) in [5.74, 6) is -0.910. The van der Waals surface area contributed by atoms with Crippen molar-refractivity contribution in [2.45, 2.75) is 33.1 Å². The lowest BCUT2D eigenvalue weighted by molar-refractivity contribution is -0.132. The van der Waals surface area contributed by atoms with E-state index in [-0.39, 0.29) is 18.2 Å². The summed E-state index contributed by atoms with van der Waals surface area (Å²) in [6.07, 6.45) is 1.16. The molecule has 13 heavy (non-hydrogen) atoms. The van der Waals surface area contributed by atoms with Crippen LogP contribution in [-0.2, 0) is 9.59 Å². The van der Waals surface area contributed by atoms with Crippen LogP contribution in [0.2, 0.25) is 0 Å². The summed E-state index contributed by atoms with van der Waals surface area (Å²) in [7, 11) is 0. The summed E-state index contributed by atoms with van der Waals surface area (Å²) in [6, 6.07) is 1.68. The molecular weight excluding hydrogens is 168 g/mol. The normalized spacial score (nSPS) is 9.38. The molecular formula is C9H14N2O2. The molecule has 0 aliphatic carbocycles. The molecule has 4 nitrogen and oxygen atoms in total. The second kappa shape index (κ2) is 6.18. The summed E-state index contributed by atoms with van der Waals surface area (Å²) in [5.41, 5.74) is 0. The van der Waals surface area contributed by atoms with E-state index in [1.165, 1.54) is 0 Å². The van der Waals surface area contributed by atoms with Crippen molar-refractivity contribution in [2.75, 3.05) is 0 Å². The minimum Gasteiger partial charge on any atom is -0.295 e. The summed E-state index contributed by atoms with van der Waals surface area (Å²) < 4.78 is 0. The second-order valence-corrected chi connectivity index (χ2v) is 2.76. The molecule has 0 aromatic carbocycles. The number of hydrogen-bond donors (Lipinski definition) is 1. The number of carbonyl (C=O) groups excluding carboxylic acids is 2. The Labute approximate surface area is 77.9 Å². The first-order chi connectivity index (χ1) is 6.15. The Kier molecular flexibility index (Phi) is 5.53. The fraction of sp³-hybridized carbons (Fsp3) is 0.667. The van der Waals surface area contributed by atoms with E-state index in [2.05, 4.69) is 5.32 Å². The zero-order chi connectivity index (χ0) is 10.3. The smallest absolute Gasteiger partial charge is 0.240 e. The molecule has 0 spiro atoms. The number of nitrogens with one attached hydrogen (secondary N) is 1. The van der Waals surface area contributed by atoms with Crippen molar-refractivity contribution in [2.24, 2.45) is 5.92 Å². The number of rotatable bonds is 4. The Morgan fingerprint density at radius 2 is 1.92 bits per heavy atom. The van der Waals surface area contributed by atoms with Gasteiger partial charge >= 0.3 is 0 Å². The van der Waals surface area contributed by atoms with Gasteiger partial charge < -0.3 is 0 Å². The Morgan fingerprint density at radius 3 is 2.31 bits per heavy atom. The molecule has 0 bridgehead atoms. The van der Waals surface area contributed by atoms with Crippen LogP contribution in [0.3, 0.4) is 0 Å². The van der Waals surface area contributed by atoms with Crippen molar-refractivity contribution in [3.8, 4) is 6.07 Å². The summed E-state index contributed by atoms with van der Waals surface area (Å²) in [5, 5.41) is 10.4.